The first kappa shape index (κ1) is 25.4. The van der Waals surface area contributed by atoms with Gasteiger partial charge in [0, 0.05) is 37.4 Å². The van der Waals surface area contributed by atoms with Gasteiger partial charge in [0.05, 0.1) is 10.7 Å². The minimum Gasteiger partial charge on any atom is -0.489 e. The molecular weight excluding hydrogens is 495 g/mol. The van der Waals surface area contributed by atoms with Crippen molar-refractivity contribution < 1.29 is 27.5 Å². The minimum atomic E-state index is -4.88. The van der Waals surface area contributed by atoms with Crippen molar-refractivity contribution in [3.63, 3.8) is 0 Å². The van der Waals surface area contributed by atoms with Crippen molar-refractivity contribution in [1.29, 1.82) is 0 Å². The maximum absolute atomic E-state index is 12.6. The number of nitrogens with zero attached hydrogens (tertiary/aromatic N) is 2. The molecule has 0 aromatic heterocycles. The number of carbonyl (C=O) groups is 2. The number of anilines is 2. The molecule has 3 aromatic rings. The topological polar surface area (TPSA) is 61.9 Å². The van der Waals surface area contributed by atoms with E-state index in [0.29, 0.717) is 34.3 Å². The number of ether oxygens (including phenoxy) is 1. The molecule has 1 heterocycles. The maximum atomic E-state index is 12.6. The molecule has 3 aromatic carbocycles. The van der Waals surface area contributed by atoms with Crippen molar-refractivity contribution in [2.24, 2.45) is 0 Å². The molecular formula is C26H23ClF3N3O3. The molecule has 0 saturated carbocycles. The molecule has 0 bridgehead atoms. The lowest BCUT2D eigenvalue weighted by Crippen LogP contribution is -2.52. The quantitative estimate of drug-likeness (QED) is 0.477. The molecule has 1 aliphatic rings. The van der Waals surface area contributed by atoms with Gasteiger partial charge in [0.2, 0.25) is 0 Å². The standard InChI is InChI=1S/C26H23ClF3N3O3/c27-22-16-20(8-11-23(22)32-12-14-33(15-13-32)25(35)26(28,29)30)31-24(34)19-6-9-21(10-7-19)36-17-18-4-2-1-3-5-18/h1-11,16H,12-15,17H2,(H,31,34). The third kappa shape index (κ3) is 6.28. The van der Waals surface area contributed by atoms with Crippen LogP contribution in [0, 0.1) is 0 Å². The molecule has 1 aliphatic heterocycles. The molecule has 0 spiro atoms. The van der Waals surface area contributed by atoms with Gasteiger partial charge in [-0.05, 0) is 48.0 Å². The molecule has 36 heavy (non-hydrogen) atoms. The molecule has 0 aliphatic carbocycles. The fraction of sp³-hybridized carbons (Fsp3) is 0.231. The third-order valence-electron chi connectivity index (χ3n) is 5.72. The Labute approximate surface area is 211 Å². The highest BCUT2D eigenvalue weighted by Gasteiger charge is 2.43. The minimum absolute atomic E-state index is 0.0573. The van der Waals surface area contributed by atoms with Crippen molar-refractivity contribution in [2.45, 2.75) is 12.8 Å². The first-order valence-corrected chi connectivity index (χ1v) is 11.6. The highest BCUT2D eigenvalue weighted by molar-refractivity contribution is 6.33. The van der Waals surface area contributed by atoms with Crippen molar-refractivity contribution in [3.8, 4) is 5.75 Å². The lowest BCUT2D eigenvalue weighted by Gasteiger charge is -2.36. The highest BCUT2D eigenvalue weighted by atomic mass is 35.5. The number of rotatable bonds is 6. The molecule has 0 atom stereocenters. The summed E-state index contributed by atoms with van der Waals surface area (Å²) in [4.78, 5) is 26.7. The summed E-state index contributed by atoms with van der Waals surface area (Å²) in [7, 11) is 0. The van der Waals surface area contributed by atoms with Crippen LogP contribution >= 0.6 is 11.6 Å². The van der Waals surface area contributed by atoms with Gasteiger partial charge in [-0.25, -0.2) is 0 Å². The predicted octanol–water partition coefficient (Wildman–Crippen LogP) is 5.38. The first-order chi connectivity index (χ1) is 17.2. The van der Waals surface area contributed by atoms with Gasteiger partial charge < -0.3 is 19.9 Å². The van der Waals surface area contributed by atoms with Crippen LogP contribution in [0.25, 0.3) is 0 Å². The van der Waals surface area contributed by atoms with Gasteiger partial charge >= 0.3 is 12.1 Å². The molecule has 0 radical (unpaired) electrons. The largest absolute Gasteiger partial charge is 0.489 e. The molecule has 2 amide bonds. The van der Waals surface area contributed by atoms with Crippen LogP contribution in [-0.2, 0) is 11.4 Å². The van der Waals surface area contributed by atoms with Crippen LogP contribution in [0.3, 0.4) is 0 Å². The average Bonchev–Trinajstić information content (AvgIpc) is 2.87. The van der Waals surface area contributed by atoms with Crippen LogP contribution in [0.5, 0.6) is 5.75 Å². The summed E-state index contributed by atoms with van der Waals surface area (Å²) in [6.07, 6.45) is -4.88. The van der Waals surface area contributed by atoms with Crippen LogP contribution in [-0.4, -0.2) is 49.1 Å². The number of carbonyl (C=O) groups excluding carboxylic acids is 2. The van der Waals surface area contributed by atoms with Gasteiger partial charge in [-0.2, -0.15) is 13.2 Å². The van der Waals surface area contributed by atoms with Crippen molar-refractivity contribution in [1.82, 2.24) is 4.90 Å². The summed E-state index contributed by atoms with van der Waals surface area (Å²) in [5.74, 6) is -1.52. The first-order valence-electron chi connectivity index (χ1n) is 11.2. The van der Waals surface area contributed by atoms with Crippen LogP contribution in [0.15, 0.2) is 72.8 Å². The number of nitrogens with one attached hydrogen (secondary N) is 1. The SMILES string of the molecule is O=C(Nc1ccc(N2CCN(C(=O)C(F)(F)F)CC2)c(Cl)c1)c1ccc(OCc2ccccc2)cc1. The van der Waals surface area contributed by atoms with E-state index in [1.54, 1.807) is 42.5 Å². The number of hydrogen-bond acceptors (Lipinski definition) is 4. The van der Waals surface area contributed by atoms with Crippen LogP contribution in [0.2, 0.25) is 5.02 Å². The molecule has 0 unspecified atom stereocenters. The van der Waals surface area contributed by atoms with Gasteiger partial charge in [-0.15, -0.1) is 0 Å². The Bertz CT molecular complexity index is 1210. The Balaban J connectivity index is 1.32. The highest BCUT2D eigenvalue weighted by Crippen LogP contribution is 2.30. The van der Waals surface area contributed by atoms with Crippen LogP contribution < -0.4 is 15.0 Å². The summed E-state index contributed by atoms with van der Waals surface area (Å²) in [5.41, 5.74) is 2.57. The summed E-state index contributed by atoms with van der Waals surface area (Å²) in [6.45, 7) is 0.735. The van der Waals surface area contributed by atoms with E-state index < -0.39 is 12.1 Å². The Morgan fingerprint density at radius 1 is 0.917 bits per heavy atom. The zero-order chi connectivity index (χ0) is 25.7. The van der Waals surface area contributed by atoms with Gasteiger partial charge in [0.15, 0.2) is 0 Å². The second-order valence-electron chi connectivity index (χ2n) is 8.20. The van der Waals surface area contributed by atoms with Crippen molar-refractivity contribution in [3.05, 3.63) is 88.9 Å². The van der Waals surface area contributed by atoms with Crippen LogP contribution in [0.4, 0.5) is 24.5 Å². The lowest BCUT2D eigenvalue weighted by molar-refractivity contribution is -0.185. The van der Waals surface area contributed by atoms with E-state index in [1.165, 1.54) is 0 Å². The van der Waals surface area contributed by atoms with Gasteiger partial charge in [-0.3, -0.25) is 9.59 Å². The molecule has 4 rings (SSSR count). The summed E-state index contributed by atoms with van der Waals surface area (Å²) < 4.78 is 43.7. The maximum Gasteiger partial charge on any atom is 0.471 e. The fourth-order valence-electron chi connectivity index (χ4n) is 3.82. The molecule has 10 heteroatoms. The fourth-order valence-corrected chi connectivity index (χ4v) is 4.12. The Kier molecular flexibility index (Phi) is 7.69. The zero-order valence-corrected chi connectivity index (χ0v) is 19.9. The molecule has 1 N–H and O–H groups in total. The predicted molar refractivity (Wildman–Crippen MR) is 131 cm³/mol. The Morgan fingerprint density at radius 3 is 2.19 bits per heavy atom. The van der Waals surface area contributed by atoms with Gasteiger partial charge in [0.1, 0.15) is 12.4 Å². The average molecular weight is 518 g/mol. The Hall–Kier alpha value is -3.72. The second kappa shape index (κ2) is 10.9. The monoisotopic (exact) mass is 517 g/mol. The van der Waals surface area contributed by atoms with E-state index >= 15 is 0 Å². The summed E-state index contributed by atoms with van der Waals surface area (Å²) >= 11 is 6.40. The van der Waals surface area contributed by atoms with Gasteiger partial charge in [-0.1, -0.05) is 41.9 Å². The number of piperazine rings is 1. The number of alkyl halides is 3. The zero-order valence-electron chi connectivity index (χ0n) is 19.1. The van der Waals surface area contributed by atoms with E-state index in [9.17, 15) is 22.8 Å². The van der Waals surface area contributed by atoms with Crippen molar-refractivity contribution >= 4 is 34.8 Å². The number of amides is 2. The van der Waals surface area contributed by atoms with E-state index in [-0.39, 0.29) is 32.1 Å². The number of benzene rings is 3. The van der Waals surface area contributed by atoms with Crippen molar-refractivity contribution in [2.75, 3.05) is 36.4 Å². The van der Waals surface area contributed by atoms with Gasteiger partial charge in [0.25, 0.3) is 5.91 Å². The molecule has 188 valence electrons. The smallest absolute Gasteiger partial charge is 0.471 e. The van der Waals surface area contributed by atoms with E-state index in [4.69, 9.17) is 16.3 Å². The second-order valence-corrected chi connectivity index (χ2v) is 8.60. The summed E-state index contributed by atoms with van der Waals surface area (Å²) in [6, 6.07) is 21.4. The van der Waals surface area contributed by atoms with E-state index in [0.717, 1.165) is 10.5 Å². The molecule has 1 saturated heterocycles. The number of halogens is 4. The molecule has 1 fully saturated rings. The third-order valence-corrected chi connectivity index (χ3v) is 6.02. The molecule has 6 nitrogen and oxygen atoms in total. The number of hydrogen-bond donors (Lipinski definition) is 1. The normalized spacial score (nSPS) is 13.9. The van der Waals surface area contributed by atoms with E-state index in [2.05, 4.69) is 5.32 Å². The van der Waals surface area contributed by atoms with Crippen LogP contribution in [0.1, 0.15) is 15.9 Å². The summed E-state index contributed by atoms with van der Waals surface area (Å²) in [5, 5.41) is 3.13. The van der Waals surface area contributed by atoms with E-state index in [1.807, 2.05) is 35.2 Å². The Morgan fingerprint density at radius 2 is 1.58 bits per heavy atom. The lowest BCUT2D eigenvalue weighted by atomic mass is 10.2.